The van der Waals surface area contributed by atoms with Gasteiger partial charge in [-0.1, -0.05) is 13.3 Å². The maximum absolute atomic E-state index is 5.37. The van der Waals surface area contributed by atoms with Crippen molar-refractivity contribution in [2.75, 3.05) is 20.2 Å². The van der Waals surface area contributed by atoms with Gasteiger partial charge in [0.2, 0.25) is 0 Å². The van der Waals surface area contributed by atoms with E-state index in [4.69, 9.17) is 4.74 Å². The van der Waals surface area contributed by atoms with Crippen molar-refractivity contribution in [3.8, 4) is 5.75 Å². The van der Waals surface area contributed by atoms with Crippen LogP contribution in [0.4, 0.5) is 0 Å². The summed E-state index contributed by atoms with van der Waals surface area (Å²) in [5.74, 6) is 0.906. The molecule has 2 unspecified atom stereocenters. The van der Waals surface area contributed by atoms with Gasteiger partial charge in [0.15, 0.2) is 0 Å². The highest BCUT2D eigenvalue weighted by Crippen LogP contribution is 2.18. The van der Waals surface area contributed by atoms with Crippen LogP contribution in [0.2, 0.25) is 0 Å². The Morgan fingerprint density at radius 1 is 1.43 bits per heavy atom. The van der Waals surface area contributed by atoms with E-state index in [1.165, 1.54) is 19.3 Å². The van der Waals surface area contributed by atoms with Gasteiger partial charge < -0.3 is 10.1 Å². The summed E-state index contributed by atoms with van der Waals surface area (Å²) in [6.07, 6.45) is 3.67. The van der Waals surface area contributed by atoms with E-state index in [2.05, 4.69) is 35.1 Å². The third-order valence-corrected chi connectivity index (χ3v) is 4.29. The molecule has 1 N–H and O–H groups in total. The Labute approximate surface area is 128 Å². The molecule has 2 rings (SSSR count). The van der Waals surface area contributed by atoms with Gasteiger partial charge in [-0.3, -0.25) is 9.88 Å². The van der Waals surface area contributed by atoms with E-state index in [1.54, 1.807) is 7.11 Å². The van der Waals surface area contributed by atoms with E-state index in [-0.39, 0.29) is 0 Å². The zero-order valence-electron chi connectivity index (χ0n) is 13.9. The van der Waals surface area contributed by atoms with Gasteiger partial charge in [-0.15, -0.1) is 0 Å². The van der Waals surface area contributed by atoms with Crippen molar-refractivity contribution in [3.63, 3.8) is 0 Å². The third-order valence-electron chi connectivity index (χ3n) is 4.29. The number of rotatable bonds is 5. The largest absolute Gasteiger partial charge is 0.497 e. The molecular weight excluding hydrogens is 262 g/mol. The predicted octanol–water partition coefficient (Wildman–Crippen LogP) is 2.75. The molecule has 0 spiro atoms. The number of ether oxygens (including phenoxy) is 1. The quantitative estimate of drug-likeness (QED) is 0.905. The maximum Gasteiger partial charge on any atom is 0.122 e. The second-order valence-electron chi connectivity index (χ2n) is 6.15. The summed E-state index contributed by atoms with van der Waals surface area (Å²) >= 11 is 0. The number of pyridine rings is 1. The lowest BCUT2D eigenvalue weighted by molar-refractivity contribution is 0.190. The van der Waals surface area contributed by atoms with Gasteiger partial charge in [-0.2, -0.15) is 0 Å². The van der Waals surface area contributed by atoms with E-state index < -0.39 is 0 Å². The molecule has 4 heteroatoms. The summed E-state index contributed by atoms with van der Waals surface area (Å²) in [6, 6.07) is 5.24. The van der Waals surface area contributed by atoms with Gasteiger partial charge in [0, 0.05) is 43.0 Å². The molecule has 118 valence electrons. The smallest absolute Gasteiger partial charge is 0.122 e. The first-order chi connectivity index (χ1) is 10.1. The van der Waals surface area contributed by atoms with Gasteiger partial charge in [-0.25, -0.2) is 0 Å². The molecule has 0 aliphatic carbocycles. The van der Waals surface area contributed by atoms with Crippen molar-refractivity contribution < 1.29 is 4.74 Å². The molecule has 0 radical (unpaired) electrons. The van der Waals surface area contributed by atoms with Crippen molar-refractivity contribution >= 4 is 0 Å². The average Bonchev–Trinajstić information content (AvgIpc) is 2.61. The summed E-state index contributed by atoms with van der Waals surface area (Å²) in [5, 5.41) is 3.68. The molecule has 0 aromatic carbocycles. The molecule has 21 heavy (non-hydrogen) atoms. The Morgan fingerprint density at radius 3 is 2.95 bits per heavy atom. The van der Waals surface area contributed by atoms with Gasteiger partial charge in [0.05, 0.1) is 12.8 Å². The molecule has 0 bridgehead atoms. The van der Waals surface area contributed by atoms with Gasteiger partial charge in [0.1, 0.15) is 5.75 Å². The van der Waals surface area contributed by atoms with Crippen LogP contribution in [0.25, 0.3) is 0 Å². The van der Waals surface area contributed by atoms with Crippen LogP contribution in [0, 0.1) is 6.92 Å². The first kappa shape index (κ1) is 16.2. The second-order valence-corrected chi connectivity index (χ2v) is 6.15. The van der Waals surface area contributed by atoms with E-state index in [9.17, 15) is 0 Å². The van der Waals surface area contributed by atoms with Crippen LogP contribution < -0.4 is 10.1 Å². The molecular formula is C17H29N3O. The minimum absolute atomic E-state index is 0.590. The van der Waals surface area contributed by atoms with Crippen LogP contribution in [0.5, 0.6) is 5.75 Å². The monoisotopic (exact) mass is 291 g/mol. The number of aryl methyl sites for hydroxylation is 1. The highest BCUT2D eigenvalue weighted by Gasteiger charge is 2.22. The predicted molar refractivity (Wildman–Crippen MR) is 86.7 cm³/mol. The molecule has 2 atom stereocenters. The minimum atomic E-state index is 0.590. The first-order valence-corrected chi connectivity index (χ1v) is 8.11. The Balaban J connectivity index is 2.09. The zero-order chi connectivity index (χ0) is 15.2. The van der Waals surface area contributed by atoms with E-state index in [1.807, 2.05) is 13.0 Å². The van der Waals surface area contributed by atoms with Crippen LogP contribution in [-0.4, -0.2) is 42.2 Å². The number of hydrogen-bond acceptors (Lipinski definition) is 4. The summed E-state index contributed by atoms with van der Waals surface area (Å²) in [7, 11) is 1.72. The lowest BCUT2D eigenvalue weighted by Crippen LogP contribution is -2.39. The van der Waals surface area contributed by atoms with Gasteiger partial charge in [-0.05, 0) is 33.2 Å². The molecule has 1 aromatic heterocycles. The fraction of sp³-hybridized carbons (Fsp3) is 0.706. The molecule has 1 aromatic rings. The Kier molecular flexibility index (Phi) is 6.00. The van der Waals surface area contributed by atoms with Crippen molar-refractivity contribution in [2.24, 2.45) is 0 Å². The van der Waals surface area contributed by atoms with E-state index in [0.29, 0.717) is 12.1 Å². The molecule has 1 aliphatic heterocycles. The van der Waals surface area contributed by atoms with Crippen molar-refractivity contribution in [2.45, 2.75) is 58.7 Å². The van der Waals surface area contributed by atoms with Crippen LogP contribution in [0.1, 0.15) is 44.5 Å². The number of methoxy groups -OCH3 is 1. The summed E-state index contributed by atoms with van der Waals surface area (Å²) < 4.78 is 5.37. The Bertz CT molecular complexity index is 450. The third kappa shape index (κ3) is 4.68. The van der Waals surface area contributed by atoms with E-state index in [0.717, 1.165) is 36.8 Å². The topological polar surface area (TPSA) is 37.4 Å². The average molecular weight is 291 g/mol. The Hall–Kier alpha value is -1.13. The van der Waals surface area contributed by atoms with Crippen LogP contribution in [0.3, 0.4) is 0 Å². The van der Waals surface area contributed by atoms with Crippen molar-refractivity contribution in [1.82, 2.24) is 15.2 Å². The molecule has 2 heterocycles. The summed E-state index contributed by atoms with van der Waals surface area (Å²) in [4.78, 5) is 7.23. The summed E-state index contributed by atoms with van der Waals surface area (Å²) in [5.41, 5.74) is 2.13. The standard InChI is InChI=1S/C17H29N3O/c1-5-6-15-11-20(14(3)7-8-18-15)12-16-10-17(21-4)9-13(2)19-16/h9-10,14-15,18H,5-8,11-12H2,1-4H3. The SMILES string of the molecule is CCCC1CN(Cc2cc(OC)cc(C)n2)C(C)CCN1. The lowest BCUT2D eigenvalue weighted by Gasteiger charge is -2.28. The van der Waals surface area contributed by atoms with Crippen LogP contribution in [0.15, 0.2) is 12.1 Å². The molecule has 0 amide bonds. The molecule has 1 aliphatic rings. The minimum Gasteiger partial charge on any atom is -0.497 e. The summed E-state index contributed by atoms with van der Waals surface area (Å²) in [6.45, 7) is 9.73. The fourth-order valence-electron chi connectivity index (χ4n) is 3.08. The Morgan fingerprint density at radius 2 is 2.24 bits per heavy atom. The normalized spacial score (nSPS) is 23.8. The number of nitrogens with one attached hydrogen (secondary N) is 1. The highest BCUT2D eigenvalue weighted by molar-refractivity contribution is 5.26. The molecule has 0 saturated carbocycles. The van der Waals surface area contributed by atoms with Gasteiger partial charge >= 0.3 is 0 Å². The zero-order valence-corrected chi connectivity index (χ0v) is 13.9. The first-order valence-electron chi connectivity index (χ1n) is 8.11. The highest BCUT2D eigenvalue weighted by atomic mass is 16.5. The fourth-order valence-corrected chi connectivity index (χ4v) is 3.08. The molecule has 1 fully saturated rings. The van der Waals surface area contributed by atoms with Crippen molar-refractivity contribution in [3.05, 3.63) is 23.5 Å². The molecule has 1 saturated heterocycles. The van der Waals surface area contributed by atoms with Crippen LogP contribution >= 0.6 is 0 Å². The lowest BCUT2D eigenvalue weighted by atomic mass is 10.1. The number of aromatic nitrogens is 1. The second kappa shape index (κ2) is 7.76. The van der Waals surface area contributed by atoms with Crippen LogP contribution in [-0.2, 0) is 6.54 Å². The molecule has 4 nitrogen and oxygen atoms in total. The number of nitrogens with zero attached hydrogens (tertiary/aromatic N) is 2. The number of hydrogen-bond donors (Lipinski definition) is 1. The van der Waals surface area contributed by atoms with Gasteiger partial charge in [0.25, 0.3) is 0 Å². The maximum atomic E-state index is 5.37. The van der Waals surface area contributed by atoms with E-state index >= 15 is 0 Å². The van der Waals surface area contributed by atoms with Crippen molar-refractivity contribution in [1.29, 1.82) is 0 Å².